The predicted octanol–water partition coefficient (Wildman–Crippen LogP) is 1.38. The zero-order valence-corrected chi connectivity index (χ0v) is 7.18. The molecule has 0 saturated carbocycles. The third-order valence-corrected chi connectivity index (χ3v) is 0.989. The Bertz CT molecular complexity index is 184. The molecule has 0 rings (SSSR count). The number of rotatable bonds is 7. The molecule has 0 saturated heterocycles. The number of ether oxygens (including phenoxy) is 2. The van der Waals surface area contributed by atoms with E-state index in [9.17, 15) is 17.6 Å². The number of aliphatic hydroxyl groups excluding tert-OH is 1. The fraction of sp³-hybridized carbons (Fsp3) is 0.714. The van der Waals surface area contributed by atoms with Crippen molar-refractivity contribution in [3.8, 4) is 0 Å². The minimum atomic E-state index is -4.28. The van der Waals surface area contributed by atoms with Crippen molar-refractivity contribution < 1.29 is 32.1 Å². The highest BCUT2D eigenvalue weighted by molar-refractivity contribution is 4.65. The molecule has 7 heteroatoms. The van der Waals surface area contributed by atoms with Gasteiger partial charge < -0.3 is 9.84 Å². The quantitative estimate of drug-likeness (QED) is 0.398. The van der Waals surface area contributed by atoms with Crippen LogP contribution in [0.5, 0.6) is 0 Å². The number of hydrogen-bond acceptors (Lipinski definition) is 3. The van der Waals surface area contributed by atoms with Crippen LogP contribution in [0.25, 0.3) is 0 Å². The Kier molecular flexibility index (Phi) is 5.03. The Morgan fingerprint density at radius 2 is 1.79 bits per heavy atom. The van der Waals surface area contributed by atoms with Crippen LogP contribution in [-0.4, -0.2) is 37.1 Å². The lowest BCUT2D eigenvalue weighted by Gasteiger charge is -2.21. The van der Waals surface area contributed by atoms with Crippen molar-refractivity contribution in [2.24, 2.45) is 0 Å². The lowest BCUT2D eigenvalue weighted by Crippen LogP contribution is -2.38. The summed E-state index contributed by atoms with van der Waals surface area (Å²) in [5.41, 5.74) is 0. The van der Waals surface area contributed by atoms with Crippen molar-refractivity contribution in [3.63, 3.8) is 0 Å². The molecular formula is C7H10F4O3. The summed E-state index contributed by atoms with van der Waals surface area (Å²) in [6.45, 7) is -0.173. The van der Waals surface area contributed by atoms with Gasteiger partial charge in [-0.05, 0) is 0 Å². The van der Waals surface area contributed by atoms with Gasteiger partial charge in [-0.3, -0.25) is 4.74 Å². The van der Waals surface area contributed by atoms with Gasteiger partial charge in [-0.2, -0.15) is 17.6 Å². The summed E-state index contributed by atoms with van der Waals surface area (Å²) in [6.07, 6.45) is -7.24. The Labute approximate surface area is 77.9 Å². The van der Waals surface area contributed by atoms with Gasteiger partial charge in [-0.1, -0.05) is 6.08 Å². The molecule has 0 fully saturated rings. The molecular weight excluding hydrogens is 208 g/mol. The topological polar surface area (TPSA) is 38.7 Å². The van der Waals surface area contributed by atoms with Crippen molar-refractivity contribution in [3.05, 3.63) is 12.7 Å². The SMILES string of the molecule is C=CCOCC(F)(F)OC(F)(F)CO. The van der Waals surface area contributed by atoms with Gasteiger partial charge in [-0.25, -0.2) is 0 Å². The Balaban J connectivity index is 3.99. The van der Waals surface area contributed by atoms with Crippen LogP contribution >= 0.6 is 0 Å². The molecule has 84 valence electrons. The zero-order valence-electron chi connectivity index (χ0n) is 7.18. The van der Waals surface area contributed by atoms with Crippen LogP contribution in [0.4, 0.5) is 17.6 Å². The normalized spacial score (nSPS) is 12.9. The number of aliphatic hydroxyl groups is 1. The Hall–Kier alpha value is -0.660. The molecule has 0 radical (unpaired) electrons. The van der Waals surface area contributed by atoms with Crippen LogP contribution in [0, 0.1) is 0 Å². The second-order valence-corrected chi connectivity index (χ2v) is 2.34. The van der Waals surface area contributed by atoms with Crippen LogP contribution in [0.2, 0.25) is 0 Å². The average Bonchev–Trinajstić information content (AvgIpc) is 2.03. The summed E-state index contributed by atoms with van der Waals surface area (Å²) < 4.78 is 56.4. The van der Waals surface area contributed by atoms with E-state index in [-0.39, 0.29) is 6.61 Å². The van der Waals surface area contributed by atoms with Crippen molar-refractivity contribution in [1.82, 2.24) is 0 Å². The molecule has 0 spiro atoms. The van der Waals surface area contributed by atoms with E-state index in [1.165, 1.54) is 6.08 Å². The molecule has 0 atom stereocenters. The van der Waals surface area contributed by atoms with E-state index in [4.69, 9.17) is 5.11 Å². The highest BCUT2D eigenvalue weighted by atomic mass is 19.3. The van der Waals surface area contributed by atoms with E-state index in [1.54, 1.807) is 0 Å². The molecule has 0 aliphatic heterocycles. The van der Waals surface area contributed by atoms with Gasteiger partial charge in [0.1, 0.15) is 13.2 Å². The molecule has 0 aliphatic rings. The average molecular weight is 218 g/mol. The van der Waals surface area contributed by atoms with Crippen LogP contribution < -0.4 is 0 Å². The van der Waals surface area contributed by atoms with Gasteiger partial charge in [0.25, 0.3) is 0 Å². The molecule has 0 bridgehead atoms. The first-order valence-electron chi connectivity index (χ1n) is 3.58. The summed E-state index contributed by atoms with van der Waals surface area (Å²) in [5, 5.41) is 7.96. The van der Waals surface area contributed by atoms with E-state index in [0.29, 0.717) is 0 Å². The molecule has 14 heavy (non-hydrogen) atoms. The molecule has 0 heterocycles. The van der Waals surface area contributed by atoms with Crippen LogP contribution in [0.3, 0.4) is 0 Å². The third-order valence-electron chi connectivity index (χ3n) is 0.989. The van der Waals surface area contributed by atoms with E-state index >= 15 is 0 Å². The van der Waals surface area contributed by atoms with Crippen molar-refractivity contribution in [1.29, 1.82) is 0 Å². The minimum absolute atomic E-state index is 0.205. The standard InChI is InChI=1S/C7H10F4O3/c1-2-3-13-5-7(10,11)14-6(8,9)4-12/h2,12H,1,3-5H2. The first-order chi connectivity index (χ1) is 6.33. The second-order valence-electron chi connectivity index (χ2n) is 2.34. The van der Waals surface area contributed by atoms with Crippen LogP contribution in [0.1, 0.15) is 0 Å². The molecule has 0 aliphatic carbocycles. The van der Waals surface area contributed by atoms with Crippen molar-refractivity contribution in [2.45, 2.75) is 12.2 Å². The summed E-state index contributed by atoms with van der Waals surface area (Å²) in [7, 11) is 0. The fourth-order valence-electron chi connectivity index (χ4n) is 0.541. The van der Waals surface area contributed by atoms with E-state index in [1.807, 2.05) is 0 Å². The molecule has 0 aromatic carbocycles. The smallest absolute Gasteiger partial charge is 0.383 e. The van der Waals surface area contributed by atoms with Crippen molar-refractivity contribution >= 4 is 0 Å². The summed E-state index contributed by atoms with van der Waals surface area (Å²) in [6, 6.07) is 0. The fourth-order valence-corrected chi connectivity index (χ4v) is 0.541. The predicted molar refractivity (Wildman–Crippen MR) is 39.1 cm³/mol. The number of hydrogen-bond donors (Lipinski definition) is 1. The van der Waals surface area contributed by atoms with E-state index < -0.39 is 25.4 Å². The molecule has 0 amide bonds. The van der Waals surface area contributed by atoms with Crippen LogP contribution in [0.15, 0.2) is 12.7 Å². The first-order valence-corrected chi connectivity index (χ1v) is 3.58. The minimum Gasteiger partial charge on any atom is -0.387 e. The largest absolute Gasteiger partial charge is 0.387 e. The third kappa shape index (κ3) is 5.90. The maximum absolute atomic E-state index is 12.5. The van der Waals surface area contributed by atoms with Crippen LogP contribution in [-0.2, 0) is 9.47 Å². The van der Waals surface area contributed by atoms with Gasteiger partial charge >= 0.3 is 12.2 Å². The molecule has 0 aromatic rings. The Morgan fingerprint density at radius 3 is 2.21 bits per heavy atom. The molecule has 3 nitrogen and oxygen atoms in total. The monoisotopic (exact) mass is 218 g/mol. The van der Waals surface area contributed by atoms with Gasteiger partial charge in [-0.15, -0.1) is 6.58 Å². The molecule has 0 aromatic heterocycles. The summed E-state index contributed by atoms with van der Waals surface area (Å²) in [5.74, 6) is 0. The van der Waals surface area contributed by atoms with E-state index in [0.717, 1.165) is 0 Å². The highest BCUT2D eigenvalue weighted by Crippen LogP contribution is 2.26. The van der Waals surface area contributed by atoms with Gasteiger partial charge in [0.15, 0.2) is 0 Å². The molecule has 0 unspecified atom stereocenters. The number of halogens is 4. The maximum atomic E-state index is 12.5. The number of alkyl halides is 4. The van der Waals surface area contributed by atoms with Crippen molar-refractivity contribution in [2.75, 3.05) is 19.8 Å². The second kappa shape index (κ2) is 5.28. The first kappa shape index (κ1) is 13.3. The van der Waals surface area contributed by atoms with Gasteiger partial charge in [0, 0.05) is 0 Å². The Morgan fingerprint density at radius 1 is 1.21 bits per heavy atom. The lowest BCUT2D eigenvalue weighted by molar-refractivity contribution is -0.390. The highest BCUT2D eigenvalue weighted by Gasteiger charge is 2.43. The lowest BCUT2D eigenvalue weighted by atomic mass is 10.6. The van der Waals surface area contributed by atoms with E-state index in [2.05, 4.69) is 16.1 Å². The zero-order chi connectivity index (χ0) is 11.2. The van der Waals surface area contributed by atoms with Gasteiger partial charge in [0.05, 0.1) is 6.61 Å². The van der Waals surface area contributed by atoms with Gasteiger partial charge in [0.2, 0.25) is 0 Å². The molecule has 1 N–H and O–H groups in total. The summed E-state index contributed by atoms with van der Waals surface area (Å²) >= 11 is 0. The summed E-state index contributed by atoms with van der Waals surface area (Å²) in [4.78, 5) is 0. The maximum Gasteiger partial charge on any atom is 0.383 e.